The number of benzene rings is 2. The second-order valence-electron chi connectivity index (χ2n) is 6.12. The quantitative estimate of drug-likeness (QED) is 0.672. The molecule has 152 valence electrons. The van der Waals surface area contributed by atoms with Gasteiger partial charge in [-0.15, -0.1) is 0 Å². The van der Waals surface area contributed by atoms with Crippen LogP contribution in [-0.2, 0) is 12.7 Å². The van der Waals surface area contributed by atoms with E-state index in [4.69, 9.17) is 4.74 Å². The van der Waals surface area contributed by atoms with E-state index < -0.39 is 17.8 Å². The Morgan fingerprint density at radius 2 is 1.89 bits per heavy atom. The number of rotatable bonds is 7. The zero-order valence-corrected chi connectivity index (χ0v) is 15.7. The molecule has 0 saturated heterocycles. The standard InChI is InChI=1S/C20H23F3N2O3/c1-3-11-25(13-14-7-5-6-8-17(14)26)19(27)24-16-12-15(20(21,22)23)9-10-18(16)28-4-2/h5-10,12,26H,3-4,11,13H2,1-2H3,(H,24,27). The number of nitrogens with one attached hydrogen (secondary N) is 1. The first-order valence-electron chi connectivity index (χ1n) is 8.93. The predicted octanol–water partition coefficient (Wildman–Crippen LogP) is 5.25. The maximum atomic E-state index is 13.0. The molecule has 0 saturated carbocycles. The number of hydrogen-bond donors (Lipinski definition) is 2. The molecule has 0 fully saturated rings. The number of para-hydroxylation sites is 1. The molecule has 0 unspecified atom stereocenters. The molecule has 2 aromatic rings. The van der Waals surface area contributed by atoms with Crippen LogP contribution in [0.4, 0.5) is 23.7 Å². The van der Waals surface area contributed by atoms with Gasteiger partial charge in [0.25, 0.3) is 0 Å². The number of aromatic hydroxyl groups is 1. The van der Waals surface area contributed by atoms with Crippen molar-refractivity contribution in [2.45, 2.75) is 33.0 Å². The lowest BCUT2D eigenvalue weighted by Gasteiger charge is -2.24. The lowest BCUT2D eigenvalue weighted by molar-refractivity contribution is -0.137. The maximum Gasteiger partial charge on any atom is 0.416 e. The summed E-state index contributed by atoms with van der Waals surface area (Å²) in [5, 5.41) is 12.4. The molecule has 0 atom stereocenters. The summed E-state index contributed by atoms with van der Waals surface area (Å²) in [6.07, 6.45) is -3.90. The highest BCUT2D eigenvalue weighted by molar-refractivity contribution is 5.91. The Kier molecular flexibility index (Phi) is 7.14. The summed E-state index contributed by atoms with van der Waals surface area (Å²) in [5.74, 6) is 0.202. The smallest absolute Gasteiger partial charge is 0.416 e. The highest BCUT2D eigenvalue weighted by atomic mass is 19.4. The van der Waals surface area contributed by atoms with Gasteiger partial charge in [0.2, 0.25) is 0 Å². The van der Waals surface area contributed by atoms with Crippen molar-refractivity contribution in [3.63, 3.8) is 0 Å². The summed E-state index contributed by atoms with van der Waals surface area (Å²) < 4.78 is 44.5. The van der Waals surface area contributed by atoms with Crippen molar-refractivity contribution >= 4 is 11.7 Å². The molecular weight excluding hydrogens is 373 g/mol. The van der Waals surface area contributed by atoms with Crippen LogP contribution in [0.25, 0.3) is 0 Å². The van der Waals surface area contributed by atoms with E-state index in [1.165, 1.54) is 17.0 Å². The molecule has 0 spiro atoms. The summed E-state index contributed by atoms with van der Waals surface area (Å²) in [4.78, 5) is 14.2. The number of anilines is 1. The summed E-state index contributed by atoms with van der Waals surface area (Å²) in [6, 6.07) is 8.97. The third-order valence-corrected chi connectivity index (χ3v) is 3.98. The SMILES string of the molecule is CCCN(Cc1ccccc1O)C(=O)Nc1cc(C(F)(F)F)ccc1OCC. The number of phenols is 1. The third-order valence-electron chi connectivity index (χ3n) is 3.98. The summed E-state index contributed by atoms with van der Waals surface area (Å²) in [5.41, 5.74) is -0.394. The van der Waals surface area contributed by atoms with Gasteiger partial charge in [-0.2, -0.15) is 13.2 Å². The van der Waals surface area contributed by atoms with Crippen LogP contribution in [0.1, 0.15) is 31.4 Å². The fourth-order valence-electron chi connectivity index (χ4n) is 2.65. The van der Waals surface area contributed by atoms with Crippen LogP contribution in [-0.4, -0.2) is 29.2 Å². The minimum Gasteiger partial charge on any atom is -0.508 e. The Bertz CT molecular complexity index is 810. The molecule has 0 aliphatic carbocycles. The van der Waals surface area contributed by atoms with E-state index in [-0.39, 0.29) is 30.3 Å². The van der Waals surface area contributed by atoms with Crippen molar-refractivity contribution in [1.29, 1.82) is 0 Å². The number of halogens is 3. The van der Waals surface area contributed by atoms with Crippen molar-refractivity contribution in [1.82, 2.24) is 4.90 Å². The van der Waals surface area contributed by atoms with E-state index in [1.807, 2.05) is 6.92 Å². The number of carbonyl (C=O) groups excluding carboxylic acids is 1. The molecule has 0 aliphatic rings. The first-order chi connectivity index (χ1) is 13.3. The van der Waals surface area contributed by atoms with Crippen LogP contribution >= 0.6 is 0 Å². The maximum absolute atomic E-state index is 13.0. The van der Waals surface area contributed by atoms with E-state index in [0.29, 0.717) is 18.5 Å². The number of alkyl halides is 3. The Hall–Kier alpha value is -2.90. The summed E-state index contributed by atoms with van der Waals surface area (Å²) in [7, 11) is 0. The van der Waals surface area contributed by atoms with Crippen molar-refractivity contribution < 1.29 is 27.8 Å². The van der Waals surface area contributed by atoms with E-state index in [0.717, 1.165) is 12.1 Å². The van der Waals surface area contributed by atoms with Gasteiger partial charge in [0, 0.05) is 12.1 Å². The van der Waals surface area contributed by atoms with Gasteiger partial charge < -0.3 is 20.1 Å². The fraction of sp³-hybridized carbons (Fsp3) is 0.350. The van der Waals surface area contributed by atoms with Crippen LogP contribution in [0.15, 0.2) is 42.5 Å². The molecular formula is C20H23F3N2O3. The van der Waals surface area contributed by atoms with E-state index in [2.05, 4.69) is 5.32 Å². The largest absolute Gasteiger partial charge is 0.508 e. The van der Waals surface area contributed by atoms with Crippen molar-refractivity contribution in [3.8, 4) is 11.5 Å². The van der Waals surface area contributed by atoms with Gasteiger partial charge in [-0.05, 0) is 37.6 Å². The van der Waals surface area contributed by atoms with E-state index in [1.54, 1.807) is 25.1 Å². The van der Waals surface area contributed by atoms with Gasteiger partial charge in [-0.25, -0.2) is 4.79 Å². The zero-order chi connectivity index (χ0) is 20.7. The topological polar surface area (TPSA) is 61.8 Å². The highest BCUT2D eigenvalue weighted by Crippen LogP contribution is 2.35. The number of amides is 2. The highest BCUT2D eigenvalue weighted by Gasteiger charge is 2.31. The molecule has 8 heteroatoms. The molecule has 5 nitrogen and oxygen atoms in total. The second kappa shape index (κ2) is 9.34. The second-order valence-corrected chi connectivity index (χ2v) is 6.12. The van der Waals surface area contributed by atoms with Crippen LogP contribution in [0.5, 0.6) is 11.5 Å². The van der Waals surface area contributed by atoms with Gasteiger partial charge in [-0.3, -0.25) is 0 Å². The molecule has 0 radical (unpaired) electrons. The Balaban J connectivity index is 2.27. The van der Waals surface area contributed by atoms with Gasteiger partial charge in [0.15, 0.2) is 0 Å². The Morgan fingerprint density at radius 3 is 2.50 bits per heavy atom. The van der Waals surface area contributed by atoms with Crippen molar-refractivity contribution in [2.75, 3.05) is 18.5 Å². The van der Waals surface area contributed by atoms with Crippen LogP contribution in [0, 0.1) is 0 Å². The minimum atomic E-state index is -4.54. The number of nitrogens with zero attached hydrogens (tertiary/aromatic N) is 1. The molecule has 0 aromatic heterocycles. The Labute approximate surface area is 161 Å². The van der Waals surface area contributed by atoms with Crippen LogP contribution in [0.3, 0.4) is 0 Å². The van der Waals surface area contributed by atoms with E-state index in [9.17, 15) is 23.1 Å². The number of hydrogen-bond acceptors (Lipinski definition) is 3. The molecule has 0 bridgehead atoms. The molecule has 28 heavy (non-hydrogen) atoms. The normalized spacial score (nSPS) is 11.2. The van der Waals surface area contributed by atoms with Crippen molar-refractivity contribution in [2.24, 2.45) is 0 Å². The fourth-order valence-corrected chi connectivity index (χ4v) is 2.65. The first-order valence-corrected chi connectivity index (χ1v) is 8.93. The molecule has 0 aliphatic heterocycles. The van der Waals surface area contributed by atoms with E-state index >= 15 is 0 Å². The van der Waals surface area contributed by atoms with Gasteiger partial charge in [0.1, 0.15) is 11.5 Å². The molecule has 2 amide bonds. The first kappa shape index (κ1) is 21.4. The van der Waals surface area contributed by atoms with Crippen LogP contribution < -0.4 is 10.1 Å². The van der Waals surface area contributed by atoms with Gasteiger partial charge in [0.05, 0.1) is 24.4 Å². The average Bonchev–Trinajstić information content (AvgIpc) is 2.63. The minimum absolute atomic E-state index is 0.0467. The monoisotopic (exact) mass is 396 g/mol. The van der Waals surface area contributed by atoms with Gasteiger partial charge in [-0.1, -0.05) is 25.1 Å². The molecule has 0 heterocycles. The van der Waals surface area contributed by atoms with Crippen molar-refractivity contribution in [3.05, 3.63) is 53.6 Å². The summed E-state index contributed by atoms with van der Waals surface area (Å²) in [6.45, 7) is 4.30. The number of carbonyl (C=O) groups is 1. The Morgan fingerprint density at radius 1 is 1.18 bits per heavy atom. The number of ether oxygens (including phenoxy) is 1. The number of phenolic OH excluding ortho intramolecular Hbond substituents is 1. The molecule has 2 rings (SSSR count). The predicted molar refractivity (Wildman–Crippen MR) is 100 cm³/mol. The molecule has 2 aromatic carbocycles. The number of urea groups is 1. The average molecular weight is 396 g/mol. The summed E-state index contributed by atoms with van der Waals surface area (Å²) >= 11 is 0. The zero-order valence-electron chi connectivity index (χ0n) is 15.7. The third kappa shape index (κ3) is 5.55. The lowest BCUT2D eigenvalue weighted by atomic mass is 10.1. The lowest BCUT2D eigenvalue weighted by Crippen LogP contribution is -2.35. The van der Waals surface area contributed by atoms with Crippen LogP contribution in [0.2, 0.25) is 0 Å². The van der Waals surface area contributed by atoms with Gasteiger partial charge >= 0.3 is 12.2 Å². The molecule has 2 N–H and O–H groups in total.